The minimum Gasteiger partial charge on any atom is -0.286 e. The van der Waals surface area contributed by atoms with Crippen LogP contribution in [0.2, 0.25) is 0 Å². The number of nitrogens with zero attached hydrogens (tertiary/aromatic N) is 2. The van der Waals surface area contributed by atoms with Crippen molar-refractivity contribution >= 4 is 23.5 Å². The quantitative estimate of drug-likeness (QED) is 0.423. The van der Waals surface area contributed by atoms with Gasteiger partial charge in [0.1, 0.15) is 0 Å². The Bertz CT molecular complexity index is 1040. The Morgan fingerprint density at radius 3 is 2.79 bits per heavy atom. The van der Waals surface area contributed by atoms with Gasteiger partial charge in [-0.05, 0) is 37.0 Å². The topological polar surface area (TPSA) is 34.9 Å². The van der Waals surface area contributed by atoms with Gasteiger partial charge in [0.25, 0.3) is 5.56 Å². The van der Waals surface area contributed by atoms with E-state index >= 15 is 0 Å². The molecule has 0 amide bonds. The first-order valence-electron chi connectivity index (χ1n) is 9.61. The molecule has 0 N–H and O–H groups in total. The zero-order valence-corrected chi connectivity index (χ0v) is 17.9. The smallest absolute Gasteiger partial charge is 0.268 e. The van der Waals surface area contributed by atoms with Crippen molar-refractivity contribution < 1.29 is 0 Å². The molecule has 1 aliphatic heterocycles. The van der Waals surface area contributed by atoms with Crippen molar-refractivity contribution in [2.75, 3.05) is 5.75 Å². The van der Waals surface area contributed by atoms with Gasteiger partial charge in [0, 0.05) is 24.5 Å². The molecule has 1 aromatic heterocycles. The number of hydrogen-bond donors (Lipinski definition) is 0. The van der Waals surface area contributed by atoms with Crippen LogP contribution < -0.4 is 5.56 Å². The lowest BCUT2D eigenvalue weighted by Crippen LogP contribution is -2.26. The van der Waals surface area contributed by atoms with Gasteiger partial charge < -0.3 is 0 Å². The third-order valence-electron chi connectivity index (χ3n) is 5.08. The molecule has 4 rings (SSSR count). The summed E-state index contributed by atoms with van der Waals surface area (Å²) in [5, 5.41) is 0.850. The third-order valence-corrected chi connectivity index (χ3v) is 7.21. The van der Waals surface area contributed by atoms with E-state index in [-0.39, 0.29) is 5.56 Å². The minimum atomic E-state index is 0.131. The van der Waals surface area contributed by atoms with E-state index in [9.17, 15) is 4.79 Å². The van der Waals surface area contributed by atoms with Crippen LogP contribution in [0.3, 0.4) is 0 Å². The van der Waals surface area contributed by atoms with Crippen LogP contribution in [0.5, 0.6) is 0 Å². The fraction of sp³-hybridized carbons (Fsp3) is 0.304. The van der Waals surface area contributed by atoms with E-state index in [2.05, 4.69) is 44.2 Å². The monoisotopic (exact) mass is 408 g/mol. The van der Waals surface area contributed by atoms with Crippen LogP contribution in [-0.4, -0.2) is 15.3 Å². The van der Waals surface area contributed by atoms with Crippen molar-refractivity contribution in [2.24, 2.45) is 0 Å². The maximum Gasteiger partial charge on any atom is 0.268 e. The molecular weight excluding hydrogens is 384 g/mol. The van der Waals surface area contributed by atoms with E-state index in [1.807, 2.05) is 22.8 Å². The highest BCUT2D eigenvalue weighted by atomic mass is 32.2. The fourth-order valence-electron chi connectivity index (χ4n) is 3.41. The second-order valence-corrected chi connectivity index (χ2v) is 9.23. The number of thioether (sulfide) groups is 2. The number of rotatable bonds is 6. The first-order chi connectivity index (χ1) is 13.6. The number of hydrogen-bond acceptors (Lipinski definition) is 4. The van der Waals surface area contributed by atoms with Gasteiger partial charge in [-0.3, -0.25) is 9.36 Å². The number of benzene rings is 2. The van der Waals surface area contributed by atoms with E-state index in [1.54, 1.807) is 23.5 Å². The Morgan fingerprint density at radius 1 is 1.14 bits per heavy atom. The van der Waals surface area contributed by atoms with Crippen LogP contribution in [0.15, 0.2) is 63.4 Å². The average molecular weight is 409 g/mol. The molecular formula is C23H24N2OS2. The molecule has 3 aromatic rings. The van der Waals surface area contributed by atoms with Crippen molar-refractivity contribution in [1.29, 1.82) is 0 Å². The van der Waals surface area contributed by atoms with Crippen molar-refractivity contribution in [2.45, 2.75) is 49.0 Å². The van der Waals surface area contributed by atoms with Crippen molar-refractivity contribution in [3.63, 3.8) is 0 Å². The van der Waals surface area contributed by atoms with Gasteiger partial charge in [-0.15, -0.1) is 11.8 Å². The normalized spacial score (nSPS) is 12.9. The Labute approximate surface area is 174 Å². The van der Waals surface area contributed by atoms with Gasteiger partial charge in [0.15, 0.2) is 5.16 Å². The van der Waals surface area contributed by atoms with E-state index in [0.29, 0.717) is 6.54 Å². The first kappa shape index (κ1) is 19.3. The molecule has 0 atom stereocenters. The molecule has 144 valence electrons. The Kier molecular flexibility index (Phi) is 5.93. The van der Waals surface area contributed by atoms with Crippen molar-refractivity contribution in [3.8, 4) is 0 Å². The highest BCUT2D eigenvalue weighted by molar-refractivity contribution is 7.99. The summed E-state index contributed by atoms with van der Waals surface area (Å²) in [6.45, 7) is 4.93. The lowest BCUT2D eigenvalue weighted by Gasteiger charge is -2.14. The molecule has 1 aliphatic rings. The molecule has 2 aromatic carbocycles. The van der Waals surface area contributed by atoms with Crippen molar-refractivity contribution in [1.82, 2.24) is 9.55 Å². The van der Waals surface area contributed by atoms with Gasteiger partial charge in [-0.1, -0.05) is 65.9 Å². The Balaban J connectivity index is 1.62. The summed E-state index contributed by atoms with van der Waals surface area (Å²) >= 11 is 3.33. The van der Waals surface area contributed by atoms with Gasteiger partial charge in [0.05, 0.1) is 10.6 Å². The molecule has 0 unspecified atom stereocenters. The van der Waals surface area contributed by atoms with E-state index in [0.717, 1.165) is 40.1 Å². The second kappa shape index (κ2) is 8.58. The van der Waals surface area contributed by atoms with Gasteiger partial charge in [-0.2, -0.15) is 0 Å². The average Bonchev–Trinajstić information content (AvgIpc) is 3.18. The van der Waals surface area contributed by atoms with Crippen LogP contribution in [0, 0.1) is 13.8 Å². The van der Waals surface area contributed by atoms with Gasteiger partial charge in [0.2, 0.25) is 0 Å². The lowest BCUT2D eigenvalue weighted by molar-refractivity contribution is 0.565. The molecule has 28 heavy (non-hydrogen) atoms. The third kappa shape index (κ3) is 4.20. The first-order valence-corrected chi connectivity index (χ1v) is 11.6. The molecule has 3 nitrogen and oxygen atoms in total. The predicted molar refractivity (Wildman–Crippen MR) is 119 cm³/mol. The highest BCUT2D eigenvalue weighted by Gasteiger charge is 2.21. The Hall–Kier alpha value is -1.98. The molecule has 0 radical (unpaired) electrons. The molecule has 2 heterocycles. The summed E-state index contributed by atoms with van der Waals surface area (Å²) in [6.07, 6.45) is 1.73. The number of aryl methyl sites for hydroxylation is 4. The summed E-state index contributed by atoms with van der Waals surface area (Å²) in [7, 11) is 0. The summed E-state index contributed by atoms with van der Waals surface area (Å²) < 4.78 is 1.89. The molecule has 0 bridgehead atoms. The molecule has 0 aliphatic carbocycles. The molecule has 0 fully saturated rings. The van der Waals surface area contributed by atoms with E-state index < -0.39 is 0 Å². The summed E-state index contributed by atoms with van der Waals surface area (Å²) in [4.78, 5) is 18.9. The largest absolute Gasteiger partial charge is 0.286 e. The van der Waals surface area contributed by atoms with E-state index in [4.69, 9.17) is 4.98 Å². The summed E-state index contributed by atoms with van der Waals surface area (Å²) in [5.41, 5.74) is 6.21. The highest BCUT2D eigenvalue weighted by Crippen LogP contribution is 2.30. The number of fused-ring (bicyclic) bond motifs is 1. The summed E-state index contributed by atoms with van der Waals surface area (Å²) in [6, 6.07) is 16.9. The van der Waals surface area contributed by atoms with Crippen LogP contribution in [0.25, 0.3) is 0 Å². The maximum atomic E-state index is 13.1. The minimum absolute atomic E-state index is 0.131. The molecule has 0 saturated heterocycles. The number of aromatic nitrogens is 2. The van der Waals surface area contributed by atoms with Crippen LogP contribution >= 0.6 is 23.5 Å². The van der Waals surface area contributed by atoms with E-state index in [1.165, 1.54) is 22.3 Å². The zero-order chi connectivity index (χ0) is 19.5. The van der Waals surface area contributed by atoms with Gasteiger partial charge >= 0.3 is 0 Å². The lowest BCUT2D eigenvalue weighted by atomic mass is 10.1. The zero-order valence-electron chi connectivity index (χ0n) is 16.3. The molecule has 0 saturated carbocycles. The van der Waals surface area contributed by atoms with Gasteiger partial charge in [-0.25, -0.2) is 4.98 Å². The van der Waals surface area contributed by atoms with Crippen LogP contribution in [0.1, 0.15) is 27.9 Å². The maximum absolute atomic E-state index is 13.1. The second-order valence-electron chi connectivity index (χ2n) is 7.18. The van der Waals surface area contributed by atoms with Crippen LogP contribution in [-0.2, 0) is 25.1 Å². The molecule has 5 heteroatoms. The Morgan fingerprint density at radius 2 is 1.96 bits per heavy atom. The fourth-order valence-corrected chi connectivity index (χ4v) is 5.56. The molecule has 0 spiro atoms. The standard InChI is InChI=1S/C23H24N2OS2/c1-16-8-9-17(2)19(14-16)15-28-23-24-20-11-13-27-21(20)22(26)25(23)12-10-18-6-4-3-5-7-18/h3-9,14H,10-13,15H2,1-2H3. The summed E-state index contributed by atoms with van der Waals surface area (Å²) in [5.74, 6) is 1.79. The SMILES string of the molecule is Cc1ccc(C)c(CSc2nc3c(c(=O)n2CCc2ccccc2)SCC3)c1. The predicted octanol–water partition coefficient (Wildman–Crippen LogP) is 5.04. The van der Waals surface area contributed by atoms with Crippen molar-refractivity contribution in [3.05, 3.63) is 86.8 Å². The van der Waals surface area contributed by atoms with Crippen LogP contribution in [0.4, 0.5) is 0 Å².